The normalized spacial score (nSPS) is 13.8. The van der Waals surface area contributed by atoms with Crippen molar-refractivity contribution in [1.29, 1.82) is 5.26 Å². The van der Waals surface area contributed by atoms with Gasteiger partial charge in [0.15, 0.2) is 0 Å². The van der Waals surface area contributed by atoms with E-state index in [0.717, 1.165) is 5.56 Å². The first kappa shape index (κ1) is 17.7. The number of nitrogens with one attached hydrogen (secondary N) is 1. The molecular formula is C17H23N3O2. The molecule has 3 N–H and O–H groups in total. The van der Waals surface area contributed by atoms with E-state index in [4.69, 9.17) is 11.0 Å². The van der Waals surface area contributed by atoms with Gasteiger partial charge in [-0.3, -0.25) is 9.59 Å². The van der Waals surface area contributed by atoms with E-state index >= 15 is 0 Å². The summed E-state index contributed by atoms with van der Waals surface area (Å²) in [5.74, 6) is -1.34. The molecule has 0 fully saturated rings. The number of carbonyl (C=O) groups excluding carboxylic acids is 2. The maximum absolute atomic E-state index is 12.2. The highest BCUT2D eigenvalue weighted by Gasteiger charge is 2.25. The molecule has 1 rings (SSSR count). The summed E-state index contributed by atoms with van der Waals surface area (Å²) in [5.41, 5.74) is 6.90. The number of amides is 2. The van der Waals surface area contributed by atoms with Crippen molar-refractivity contribution < 1.29 is 9.59 Å². The van der Waals surface area contributed by atoms with Gasteiger partial charge in [-0.1, -0.05) is 39.8 Å². The second-order valence-corrected chi connectivity index (χ2v) is 6.52. The average Bonchev–Trinajstić information content (AvgIpc) is 2.43. The van der Waals surface area contributed by atoms with Crippen molar-refractivity contribution in [2.24, 2.45) is 11.7 Å². The molecular weight excluding hydrogens is 278 g/mol. The van der Waals surface area contributed by atoms with E-state index in [1.807, 2.05) is 18.2 Å². The molecule has 5 heteroatoms. The molecule has 0 aliphatic carbocycles. The van der Waals surface area contributed by atoms with Gasteiger partial charge in [0, 0.05) is 12.0 Å². The third kappa shape index (κ3) is 4.59. The molecule has 0 saturated heterocycles. The zero-order valence-corrected chi connectivity index (χ0v) is 13.5. The summed E-state index contributed by atoms with van der Waals surface area (Å²) in [7, 11) is 0. The van der Waals surface area contributed by atoms with Crippen LogP contribution >= 0.6 is 0 Å². The lowest BCUT2D eigenvalue weighted by molar-refractivity contribution is -0.120. The Hall–Kier alpha value is -2.35. The van der Waals surface area contributed by atoms with Crippen LogP contribution in [0.3, 0.4) is 0 Å². The van der Waals surface area contributed by atoms with Crippen LogP contribution in [-0.2, 0) is 10.2 Å². The summed E-state index contributed by atoms with van der Waals surface area (Å²) in [4.78, 5) is 23.7. The fourth-order valence-corrected chi connectivity index (χ4v) is 2.10. The Labute approximate surface area is 131 Å². The van der Waals surface area contributed by atoms with Crippen LogP contribution in [0.15, 0.2) is 24.3 Å². The van der Waals surface area contributed by atoms with Crippen LogP contribution in [0.1, 0.15) is 50.0 Å². The van der Waals surface area contributed by atoms with Gasteiger partial charge in [0.1, 0.15) is 6.04 Å². The summed E-state index contributed by atoms with van der Waals surface area (Å²) in [5, 5.41) is 11.3. The SMILES string of the molecule is C[C@H](CC#N)[C@@H](NC(=O)c1ccc(C(C)(C)C)cc1)C(N)=O. The van der Waals surface area contributed by atoms with Crippen molar-refractivity contribution in [3.05, 3.63) is 35.4 Å². The van der Waals surface area contributed by atoms with Gasteiger partial charge in [0.2, 0.25) is 5.91 Å². The molecule has 5 nitrogen and oxygen atoms in total. The van der Waals surface area contributed by atoms with Crippen LogP contribution in [-0.4, -0.2) is 17.9 Å². The molecule has 118 valence electrons. The Morgan fingerprint density at radius 1 is 1.27 bits per heavy atom. The number of primary amides is 1. The zero-order valence-electron chi connectivity index (χ0n) is 13.5. The highest BCUT2D eigenvalue weighted by Crippen LogP contribution is 2.22. The van der Waals surface area contributed by atoms with Gasteiger partial charge in [-0.2, -0.15) is 5.26 Å². The standard InChI is InChI=1S/C17H23N3O2/c1-11(9-10-18)14(15(19)21)20-16(22)12-5-7-13(8-6-12)17(2,3)4/h5-8,11,14H,9H2,1-4H3,(H2,19,21)(H,20,22)/t11-,14-/m1/s1. The Morgan fingerprint density at radius 3 is 2.23 bits per heavy atom. The first-order valence-electron chi connectivity index (χ1n) is 7.24. The van der Waals surface area contributed by atoms with Gasteiger partial charge in [-0.25, -0.2) is 0 Å². The van der Waals surface area contributed by atoms with Crippen molar-refractivity contribution in [2.45, 2.75) is 45.6 Å². The Morgan fingerprint density at radius 2 is 1.82 bits per heavy atom. The average molecular weight is 301 g/mol. The van der Waals surface area contributed by atoms with Gasteiger partial charge in [0.05, 0.1) is 6.07 Å². The summed E-state index contributed by atoms with van der Waals surface area (Å²) in [6, 6.07) is 8.37. The molecule has 2 amide bonds. The molecule has 0 aliphatic heterocycles. The van der Waals surface area contributed by atoms with E-state index in [9.17, 15) is 9.59 Å². The van der Waals surface area contributed by atoms with Crippen molar-refractivity contribution in [3.63, 3.8) is 0 Å². The first-order valence-corrected chi connectivity index (χ1v) is 7.24. The summed E-state index contributed by atoms with van der Waals surface area (Å²) >= 11 is 0. The lowest BCUT2D eigenvalue weighted by Crippen LogP contribution is -2.48. The summed E-state index contributed by atoms with van der Waals surface area (Å²) < 4.78 is 0. The number of hydrogen-bond acceptors (Lipinski definition) is 3. The van der Waals surface area contributed by atoms with Crippen molar-refractivity contribution in [3.8, 4) is 6.07 Å². The van der Waals surface area contributed by atoms with Gasteiger partial charge in [0.25, 0.3) is 5.91 Å². The van der Waals surface area contributed by atoms with Crippen LogP contribution in [0.2, 0.25) is 0 Å². The molecule has 0 aromatic heterocycles. The first-order chi connectivity index (χ1) is 10.2. The Kier molecular flexibility index (Phi) is 5.69. The number of nitrogens with zero attached hydrogens (tertiary/aromatic N) is 1. The molecule has 2 atom stereocenters. The molecule has 0 saturated carbocycles. The van der Waals surface area contributed by atoms with E-state index < -0.39 is 11.9 Å². The van der Waals surface area contributed by atoms with E-state index in [1.54, 1.807) is 19.1 Å². The zero-order chi connectivity index (χ0) is 16.9. The third-order valence-electron chi connectivity index (χ3n) is 3.59. The summed E-state index contributed by atoms with van der Waals surface area (Å²) in [6.45, 7) is 7.99. The highest BCUT2D eigenvalue weighted by molar-refractivity contribution is 5.97. The highest BCUT2D eigenvalue weighted by atomic mass is 16.2. The maximum atomic E-state index is 12.2. The maximum Gasteiger partial charge on any atom is 0.251 e. The molecule has 0 radical (unpaired) electrons. The molecule has 1 aromatic rings. The van der Waals surface area contributed by atoms with Gasteiger partial charge >= 0.3 is 0 Å². The van der Waals surface area contributed by atoms with Gasteiger partial charge in [-0.05, 0) is 29.0 Å². The second-order valence-electron chi connectivity index (χ2n) is 6.52. The third-order valence-corrected chi connectivity index (χ3v) is 3.59. The van der Waals surface area contributed by atoms with Crippen molar-refractivity contribution in [1.82, 2.24) is 5.32 Å². The molecule has 0 bridgehead atoms. The van der Waals surface area contributed by atoms with Crippen LogP contribution in [0.4, 0.5) is 0 Å². The topological polar surface area (TPSA) is 96.0 Å². The molecule has 0 aliphatic rings. The lowest BCUT2D eigenvalue weighted by atomic mass is 9.86. The van der Waals surface area contributed by atoms with E-state index in [0.29, 0.717) is 5.56 Å². The van der Waals surface area contributed by atoms with Crippen LogP contribution < -0.4 is 11.1 Å². The largest absolute Gasteiger partial charge is 0.368 e. The van der Waals surface area contributed by atoms with E-state index in [2.05, 4.69) is 26.1 Å². The fourth-order valence-electron chi connectivity index (χ4n) is 2.10. The van der Waals surface area contributed by atoms with Crippen LogP contribution in [0.25, 0.3) is 0 Å². The van der Waals surface area contributed by atoms with Gasteiger partial charge < -0.3 is 11.1 Å². The minimum absolute atomic E-state index is 0.00603. The molecule has 0 spiro atoms. The molecule has 0 heterocycles. The predicted octanol–water partition coefficient (Wildman–Crippen LogP) is 2.12. The summed E-state index contributed by atoms with van der Waals surface area (Å²) in [6.07, 6.45) is 0.150. The number of nitrogens with two attached hydrogens (primary N) is 1. The minimum Gasteiger partial charge on any atom is -0.368 e. The quantitative estimate of drug-likeness (QED) is 0.871. The molecule has 0 unspecified atom stereocenters. The Bertz CT molecular complexity index is 579. The van der Waals surface area contributed by atoms with E-state index in [-0.39, 0.29) is 23.7 Å². The van der Waals surface area contributed by atoms with Crippen LogP contribution in [0.5, 0.6) is 0 Å². The van der Waals surface area contributed by atoms with Crippen molar-refractivity contribution >= 4 is 11.8 Å². The number of benzene rings is 1. The number of nitriles is 1. The second kappa shape index (κ2) is 7.08. The number of carbonyl (C=O) groups is 2. The minimum atomic E-state index is -0.852. The number of hydrogen-bond donors (Lipinski definition) is 2. The smallest absolute Gasteiger partial charge is 0.251 e. The molecule has 1 aromatic carbocycles. The van der Waals surface area contributed by atoms with Gasteiger partial charge in [-0.15, -0.1) is 0 Å². The van der Waals surface area contributed by atoms with E-state index in [1.165, 1.54) is 0 Å². The fraction of sp³-hybridized carbons (Fsp3) is 0.471. The lowest BCUT2D eigenvalue weighted by Gasteiger charge is -2.21. The molecule has 22 heavy (non-hydrogen) atoms. The van der Waals surface area contributed by atoms with Crippen LogP contribution in [0, 0.1) is 17.2 Å². The number of rotatable bonds is 5. The Balaban J connectivity index is 2.87. The van der Waals surface area contributed by atoms with Crippen molar-refractivity contribution in [2.75, 3.05) is 0 Å². The monoisotopic (exact) mass is 301 g/mol. The predicted molar refractivity (Wildman–Crippen MR) is 85.0 cm³/mol.